The van der Waals surface area contributed by atoms with Crippen molar-refractivity contribution in [2.24, 2.45) is 0 Å². The molecule has 0 saturated carbocycles. The third kappa shape index (κ3) is 4.82. The van der Waals surface area contributed by atoms with E-state index in [0.29, 0.717) is 18.0 Å². The van der Waals surface area contributed by atoms with Crippen LogP contribution in [0.15, 0.2) is 35.3 Å². The molecule has 1 heterocycles. The SMILES string of the molecule is CCOc1cc(Nc2nc(=O)c(OC)cn2Cc2cc(F)c(F)c(F)c2)c(C)cc1C. The fourth-order valence-corrected chi connectivity index (χ4v) is 3.13. The molecule has 0 spiro atoms. The highest BCUT2D eigenvalue weighted by molar-refractivity contribution is 5.63. The van der Waals surface area contributed by atoms with Crippen molar-refractivity contribution in [1.82, 2.24) is 9.55 Å². The van der Waals surface area contributed by atoms with Crippen LogP contribution < -0.4 is 20.3 Å². The third-order valence-corrected chi connectivity index (χ3v) is 4.65. The zero-order chi connectivity index (χ0) is 22.7. The van der Waals surface area contributed by atoms with E-state index in [4.69, 9.17) is 9.47 Å². The summed E-state index contributed by atoms with van der Waals surface area (Å²) in [5.74, 6) is -3.42. The Balaban J connectivity index is 2.06. The first-order chi connectivity index (χ1) is 14.7. The van der Waals surface area contributed by atoms with Gasteiger partial charge in [-0.25, -0.2) is 13.2 Å². The summed E-state index contributed by atoms with van der Waals surface area (Å²) in [5, 5.41) is 3.07. The molecule has 0 atom stereocenters. The summed E-state index contributed by atoms with van der Waals surface area (Å²) in [4.78, 5) is 16.2. The smallest absolute Gasteiger partial charge is 0.316 e. The highest BCUT2D eigenvalue weighted by Crippen LogP contribution is 2.29. The van der Waals surface area contributed by atoms with E-state index >= 15 is 0 Å². The molecule has 1 N–H and O–H groups in total. The van der Waals surface area contributed by atoms with Gasteiger partial charge in [0.1, 0.15) is 5.75 Å². The van der Waals surface area contributed by atoms with Crippen molar-refractivity contribution in [2.45, 2.75) is 27.3 Å². The van der Waals surface area contributed by atoms with E-state index in [9.17, 15) is 18.0 Å². The quantitative estimate of drug-likeness (QED) is 0.557. The van der Waals surface area contributed by atoms with Gasteiger partial charge in [-0.2, -0.15) is 4.98 Å². The maximum absolute atomic E-state index is 13.7. The first-order valence-corrected chi connectivity index (χ1v) is 9.53. The molecule has 0 aliphatic heterocycles. The minimum atomic E-state index is -1.54. The number of nitrogens with zero attached hydrogens (tertiary/aromatic N) is 2. The second-order valence-electron chi connectivity index (χ2n) is 6.93. The Bertz CT molecular complexity index is 1160. The van der Waals surface area contributed by atoms with E-state index in [-0.39, 0.29) is 23.8 Å². The van der Waals surface area contributed by atoms with Crippen molar-refractivity contribution < 1.29 is 22.6 Å². The zero-order valence-corrected chi connectivity index (χ0v) is 17.6. The molecule has 0 amide bonds. The van der Waals surface area contributed by atoms with Crippen molar-refractivity contribution in [1.29, 1.82) is 0 Å². The van der Waals surface area contributed by atoms with Crippen LogP contribution in [0.2, 0.25) is 0 Å². The summed E-state index contributed by atoms with van der Waals surface area (Å²) in [5.41, 5.74) is 1.98. The van der Waals surface area contributed by atoms with Crippen LogP contribution in [0.1, 0.15) is 23.6 Å². The van der Waals surface area contributed by atoms with Gasteiger partial charge in [-0.3, -0.25) is 4.79 Å². The van der Waals surface area contributed by atoms with Crippen LogP contribution in [0.25, 0.3) is 0 Å². The molecular formula is C22H22F3N3O3. The van der Waals surface area contributed by atoms with Crippen molar-refractivity contribution in [3.63, 3.8) is 0 Å². The zero-order valence-electron chi connectivity index (χ0n) is 17.6. The van der Waals surface area contributed by atoms with Crippen LogP contribution in [-0.4, -0.2) is 23.3 Å². The van der Waals surface area contributed by atoms with E-state index < -0.39 is 23.0 Å². The van der Waals surface area contributed by atoms with Gasteiger partial charge in [0.2, 0.25) is 11.7 Å². The molecular weight excluding hydrogens is 411 g/mol. The predicted molar refractivity (Wildman–Crippen MR) is 111 cm³/mol. The second kappa shape index (κ2) is 9.11. The topological polar surface area (TPSA) is 65.4 Å². The monoisotopic (exact) mass is 433 g/mol. The molecule has 1 aromatic heterocycles. The number of aromatic nitrogens is 2. The average Bonchev–Trinajstić information content (AvgIpc) is 2.71. The Morgan fingerprint density at radius 1 is 1.03 bits per heavy atom. The normalized spacial score (nSPS) is 10.8. The van der Waals surface area contributed by atoms with Gasteiger partial charge in [0.15, 0.2) is 17.5 Å². The molecule has 31 heavy (non-hydrogen) atoms. The average molecular weight is 433 g/mol. The van der Waals surface area contributed by atoms with Gasteiger partial charge in [0, 0.05) is 11.8 Å². The molecule has 2 aromatic carbocycles. The van der Waals surface area contributed by atoms with Gasteiger partial charge in [-0.15, -0.1) is 0 Å². The van der Waals surface area contributed by atoms with E-state index in [1.807, 2.05) is 26.8 Å². The standard InChI is InChI=1S/C22H22F3N3O3/c1-5-31-18-9-17(12(2)6-13(18)3)26-22-27-21(29)19(30-4)11-28(22)10-14-7-15(23)20(25)16(24)8-14/h6-9,11H,5,10H2,1-4H3,(H,26,27,29). The molecule has 0 aliphatic rings. The van der Waals surface area contributed by atoms with Gasteiger partial charge < -0.3 is 19.4 Å². The maximum Gasteiger partial charge on any atom is 0.316 e. The van der Waals surface area contributed by atoms with E-state index in [1.54, 1.807) is 6.07 Å². The number of anilines is 2. The van der Waals surface area contributed by atoms with Crippen LogP contribution in [0, 0.1) is 31.3 Å². The molecule has 0 fully saturated rings. The van der Waals surface area contributed by atoms with Crippen molar-refractivity contribution in [3.05, 3.63) is 75.0 Å². The first kappa shape index (κ1) is 22.2. The molecule has 6 nitrogen and oxygen atoms in total. The molecule has 3 aromatic rings. The lowest BCUT2D eigenvalue weighted by atomic mass is 10.1. The molecule has 9 heteroatoms. The predicted octanol–water partition coefficient (Wildman–Crippen LogP) is 4.48. The summed E-state index contributed by atoms with van der Waals surface area (Å²) < 4.78 is 52.7. The van der Waals surface area contributed by atoms with E-state index in [1.165, 1.54) is 17.9 Å². The third-order valence-electron chi connectivity index (χ3n) is 4.65. The minimum Gasteiger partial charge on any atom is -0.494 e. The second-order valence-corrected chi connectivity index (χ2v) is 6.93. The minimum absolute atomic E-state index is 0.0516. The van der Waals surface area contributed by atoms with Crippen LogP contribution in [0.3, 0.4) is 0 Å². The highest BCUT2D eigenvalue weighted by atomic mass is 19.2. The molecule has 3 rings (SSSR count). The summed E-state index contributed by atoms with van der Waals surface area (Å²) >= 11 is 0. The summed E-state index contributed by atoms with van der Waals surface area (Å²) in [7, 11) is 1.31. The van der Waals surface area contributed by atoms with Crippen molar-refractivity contribution in [2.75, 3.05) is 19.0 Å². The van der Waals surface area contributed by atoms with Gasteiger partial charge in [-0.05, 0) is 49.6 Å². The lowest BCUT2D eigenvalue weighted by Crippen LogP contribution is -2.19. The lowest BCUT2D eigenvalue weighted by Gasteiger charge is -2.18. The number of aryl methyl sites for hydroxylation is 2. The Morgan fingerprint density at radius 2 is 1.71 bits per heavy atom. The number of hydrogen-bond donors (Lipinski definition) is 1. The number of hydrogen-bond acceptors (Lipinski definition) is 5. The number of benzene rings is 2. The fraction of sp³-hybridized carbons (Fsp3) is 0.273. The summed E-state index contributed by atoms with van der Waals surface area (Å²) in [6, 6.07) is 5.48. The Morgan fingerprint density at radius 3 is 2.32 bits per heavy atom. The van der Waals surface area contributed by atoms with Gasteiger partial charge in [0.25, 0.3) is 0 Å². The summed E-state index contributed by atoms with van der Waals surface area (Å²) in [6.45, 7) is 6.05. The van der Waals surface area contributed by atoms with Gasteiger partial charge in [0.05, 0.1) is 26.5 Å². The van der Waals surface area contributed by atoms with Crippen LogP contribution in [0.4, 0.5) is 24.8 Å². The maximum atomic E-state index is 13.7. The van der Waals surface area contributed by atoms with Crippen LogP contribution in [-0.2, 0) is 6.54 Å². The van der Waals surface area contributed by atoms with Crippen LogP contribution in [0.5, 0.6) is 11.5 Å². The first-order valence-electron chi connectivity index (χ1n) is 9.53. The molecule has 0 saturated heterocycles. The van der Waals surface area contributed by atoms with E-state index in [2.05, 4.69) is 10.3 Å². The largest absolute Gasteiger partial charge is 0.494 e. The van der Waals surface area contributed by atoms with Crippen LogP contribution >= 0.6 is 0 Å². The number of methoxy groups -OCH3 is 1. The lowest BCUT2D eigenvalue weighted by molar-refractivity contribution is 0.338. The Labute approximate surface area is 177 Å². The van der Waals surface area contributed by atoms with Crippen molar-refractivity contribution >= 4 is 11.6 Å². The highest BCUT2D eigenvalue weighted by Gasteiger charge is 2.15. The Hall–Kier alpha value is -3.49. The molecule has 164 valence electrons. The number of ether oxygens (including phenoxy) is 2. The molecule has 0 aliphatic carbocycles. The van der Waals surface area contributed by atoms with Gasteiger partial charge >= 0.3 is 5.56 Å². The van der Waals surface area contributed by atoms with Gasteiger partial charge in [-0.1, -0.05) is 6.07 Å². The molecule has 0 unspecified atom stereocenters. The number of rotatable bonds is 7. The number of nitrogens with one attached hydrogen (secondary N) is 1. The molecule has 0 bridgehead atoms. The van der Waals surface area contributed by atoms with E-state index in [0.717, 1.165) is 23.3 Å². The fourth-order valence-electron chi connectivity index (χ4n) is 3.13. The summed E-state index contributed by atoms with van der Waals surface area (Å²) in [6.07, 6.45) is 1.36. The van der Waals surface area contributed by atoms with Crippen molar-refractivity contribution in [3.8, 4) is 11.5 Å². The number of halogens is 3. The molecule has 0 radical (unpaired) electrons. The Kier molecular flexibility index (Phi) is 6.53.